The molecule has 0 spiro atoms. The Labute approximate surface area is 125 Å². The van der Waals surface area contributed by atoms with Crippen LogP contribution < -0.4 is 5.32 Å². The van der Waals surface area contributed by atoms with Gasteiger partial charge in [-0.3, -0.25) is 0 Å². The monoisotopic (exact) mass is 289 g/mol. The molecule has 0 bridgehead atoms. The summed E-state index contributed by atoms with van der Waals surface area (Å²) >= 11 is 1.70. The maximum atomic E-state index is 4.30. The number of benzene rings is 1. The summed E-state index contributed by atoms with van der Waals surface area (Å²) < 4.78 is 0. The van der Waals surface area contributed by atoms with Crippen LogP contribution in [-0.2, 0) is 6.42 Å². The third-order valence-electron chi connectivity index (χ3n) is 2.95. The van der Waals surface area contributed by atoms with Crippen molar-refractivity contribution in [3.05, 3.63) is 34.8 Å². The molecule has 0 amide bonds. The lowest BCUT2D eigenvalue weighted by molar-refractivity contribution is 0.422. The van der Waals surface area contributed by atoms with Crippen LogP contribution in [0, 0.1) is 6.92 Å². The van der Waals surface area contributed by atoms with Gasteiger partial charge in [0, 0.05) is 17.5 Å². The molecule has 0 unspecified atom stereocenters. The number of rotatable bonds is 5. The largest absolute Gasteiger partial charge is 0.312 e. The van der Waals surface area contributed by atoms with E-state index in [1.165, 1.54) is 11.1 Å². The predicted octanol–water partition coefficient (Wildman–Crippen LogP) is 3.83. The molecule has 20 heavy (non-hydrogen) atoms. The molecule has 0 saturated carbocycles. The van der Waals surface area contributed by atoms with Gasteiger partial charge in [0.1, 0.15) is 10.0 Å². The third kappa shape index (κ3) is 4.69. The van der Waals surface area contributed by atoms with Crippen molar-refractivity contribution in [2.45, 2.75) is 46.1 Å². The second-order valence-electron chi connectivity index (χ2n) is 6.15. The summed E-state index contributed by atoms with van der Waals surface area (Å²) in [6.07, 6.45) is 2.09. The molecule has 0 aliphatic heterocycles. The lowest BCUT2D eigenvalue weighted by atomic mass is 10.1. The first kappa shape index (κ1) is 15.1. The zero-order chi connectivity index (χ0) is 14.6. The molecular weight excluding hydrogens is 266 g/mol. The minimum atomic E-state index is 0.188. The van der Waals surface area contributed by atoms with Gasteiger partial charge in [-0.25, -0.2) is 0 Å². The Balaban J connectivity index is 1.90. The van der Waals surface area contributed by atoms with Crippen LogP contribution in [0.3, 0.4) is 0 Å². The fraction of sp³-hybridized carbons (Fsp3) is 0.500. The van der Waals surface area contributed by atoms with Gasteiger partial charge in [0.15, 0.2) is 0 Å². The van der Waals surface area contributed by atoms with Crippen LogP contribution in [0.1, 0.15) is 37.8 Å². The van der Waals surface area contributed by atoms with Gasteiger partial charge in [0.2, 0.25) is 0 Å². The molecule has 4 heteroatoms. The van der Waals surface area contributed by atoms with Crippen LogP contribution in [0.4, 0.5) is 0 Å². The van der Waals surface area contributed by atoms with E-state index in [0.29, 0.717) is 0 Å². The Morgan fingerprint density at radius 1 is 1.20 bits per heavy atom. The number of hydrogen-bond donors (Lipinski definition) is 1. The molecule has 1 heterocycles. The van der Waals surface area contributed by atoms with Gasteiger partial charge in [-0.05, 0) is 46.7 Å². The van der Waals surface area contributed by atoms with Crippen molar-refractivity contribution in [2.75, 3.05) is 6.54 Å². The van der Waals surface area contributed by atoms with E-state index in [0.717, 1.165) is 29.4 Å². The summed E-state index contributed by atoms with van der Waals surface area (Å²) in [4.78, 5) is 0. The zero-order valence-electron chi connectivity index (χ0n) is 12.7. The van der Waals surface area contributed by atoms with Crippen molar-refractivity contribution >= 4 is 11.3 Å². The highest BCUT2D eigenvalue weighted by Crippen LogP contribution is 2.24. The standard InChI is InChI=1S/C16H23N3S/c1-12-7-5-8-13(11-12)15-19-18-14(20-15)9-6-10-17-16(2,3)4/h5,7-8,11,17H,6,9-10H2,1-4H3. The maximum absolute atomic E-state index is 4.30. The van der Waals surface area contributed by atoms with E-state index in [-0.39, 0.29) is 5.54 Å². The second kappa shape index (κ2) is 6.46. The molecule has 1 N–H and O–H groups in total. The summed E-state index contributed by atoms with van der Waals surface area (Å²) in [5, 5.41) is 14.2. The van der Waals surface area contributed by atoms with Crippen molar-refractivity contribution in [3.63, 3.8) is 0 Å². The normalized spacial score (nSPS) is 11.8. The van der Waals surface area contributed by atoms with Crippen LogP contribution in [-0.4, -0.2) is 22.3 Å². The molecule has 3 nitrogen and oxygen atoms in total. The molecule has 0 aliphatic rings. The quantitative estimate of drug-likeness (QED) is 0.850. The van der Waals surface area contributed by atoms with Crippen molar-refractivity contribution in [1.82, 2.24) is 15.5 Å². The zero-order valence-corrected chi connectivity index (χ0v) is 13.5. The predicted molar refractivity (Wildman–Crippen MR) is 86.2 cm³/mol. The van der Waals surface area contributed by atoms with Crippen LogP contribution in [0.25, 0.3) is 10.6 Å². The Bertz CT molecular complexity index is 555. The van der Waals surface area contributed by atoms with Gasteiger partial charge in [-0.2, -0.15) is 0 Å². The average Bonchev–Trinajstić information content (AvgIpc) is 2.82. The molecular formula is C16H23N3S. The molecule has 1 aromatic carbocycles. The highest BCUT2D eigenvalue weighted by Gasteiger charge is 2.09. The van der Waals surface area contributed by atoms with Crippen LogP contribution in [0.2, 0.25) is 0 Å². The third-order valence-corrected chi connectivity index (χ3v) is 3.99. The number of aromatic nitrogens is 2. The van der Waals surface area contributed by atoms with Gasteiger partial charge >= 0.3 is 0 Å². The number of nitrogens with zero attached hydrogens (tertiary/aromatic N) is 2. The molecule has 2 rings (SSSR count). The molecule has 0 fully saturated rings. The topological polar surface area (TPSA) is 37.8 Å². The van der Waals surface area contributed by atoms with E-state index in [4.69, 9.17) is 0 Å². The van der Waals surface area contributed by atoms with Crippen LogP contribution >= 0.6 is 11.3 Å². The van der Waals surface area contributed by atoms with Crippen molar-refractivity contribution < 1.29 is 0 Å². The molecule has 0 saturated heterocycles. The number of hydrogen-bond acceptors (Lipinski definition) is 4. The smallest absolute Gasteiger partial charge is 0.147 e. The van der Waals surface area contributed by atoms with Crippen molar-refractivity contribution in [2.24, 2.45) is 0 Å². The summed E-state index contributed by atoms with van der Waals surface area (Å²) in [7, 11) is 0. The van der Waals surface area contributed by atoms with Crippen molar-refractivity contribution in [1.29, 1.82) is 0 Å². The van der Waals surface area contributed by atoms with Gasteiger partial charge in [-0.15, -0.1) is 10.2 Å². The minimum Gasteiger partial charge on any atom is -0.312 e. The van der Waals surface area contributed by atoms with Crippen LogP contribution in [0.15, 0.2) is 24.3 Å². The van der Waals surface area contributed by atoms with Gasteiger partial charge in [0.25, 0.3) is 0 Å². The molecule has 1 aromatic heterocycles. The summed E-state index contributed by atoms with van der Waals surface area (Å²) in [6.45, 7) is 9.68. The first-order valence-electron chi connectivity index (χ1n) is 7.08. The Morgan fingerprint density at radius 2 is 2.00 bits per heavy atom. The highest BCUT2D eigenvalue weighted by molar-refractivity contribution is 7.14. The highest BCUT2D eigenvalue weighted by atomic mass is 32.1. The lowest BCUT2D eigenvalue weighted by Crippen LogP contribution is -2.36. The van der Waals surface area contributed by atoms with E-state index in [1.54, 1.807) is 11.3 Å². The minimum absolute atomic E-state index is 0.188. The Kier molecular flexibility index (Phi) is 4.89. The SMILES string of the molecule is Cc1cccc(-c2nnc(CCCNC(C)(C)C)s2)c1. The van der Waals surface area contributed by atoms with E-state index in [9.17, 15) is 0 Å². The summed E-state index contributed by atoms with van der Waals surface area (Å²) in [5.74, 6) is 0. The molecule has 0 aliphatic carbocycles. The molecule has 108 valence electrons. The summed E-state index contributed by atoms with van der Waals surface area (Å²) in [6, 6.07) is 8.42. The maximum Gasteiger partial charge on any atom is 0.147 e. The molecule has 0 radical (unpaired) electrons. The van der Waals surface area contributed by atoms with Gasteiger partial charge in [-0.1, -0.05) is 35.1 Å². The molecule has 2 aromatic rings. The lowest BCUT2D eigenvalue weighted by Gasteiger charge is -2.20. The van der Waals surface area contributed by atoms with E-state index < -0.39 is 0 Å². The molecule has 0 atom stereocenters. The fourth-order valence-electron chi connectivity index (χ4n) is 1.95. The average molecular weight is 289 g/mol. The number of nitrogens with one attached hydrogen (secondary N) is 1. The Morgan fingerprint density at radius 3 is 2.70 bits per heavy atom. The Hall–Kier alpha value is -1.26. The fourth-order valence-corrected chi connectivity index (χ4v) is 2.83. The van der Waals surface area contributed by atoms with E-state index in [1.807, 2.05) is 0 Å². The first-order chi connectivity index (χ1) is 9.44. The van der Waals surface area contributed by atoms with Gasteiger partial charge in [0.05, 0.1) is 0 Å². The van der Waals surface area contributed by atoms with Crippen LogP contribution in [0.5, 0.6) is 0 Å². The summed E-state index contributed by atoms with van der Waals surface area (Å²) in [5.41, 5.74) is 2.61. The second-order valence-corrected chi connectivity index (χ2v) is 7.21. The van der Waals surface area contributed by atoms with Gasteiger partial charge < -0.3 is 5.32 Å². The first-order valence-corrected chi connectivity index (χ1v) is 7.90. The van der Waals surface area contributed by atoms with Crippen molar-refractivity contribution in [3.8, 4) is 10.6 Å². The van der Waals surface area contributed by atoms with E-state index in [2.05, 4.69) is 67.5 Å². The number of aryl methyl sites for hydroxylation is 2. The van der Waals surface area contributed by atoms with E-state index >= 15 is 0 Å².